The van der Waals surface area contributed by atoms with Crippen LogP contribution in [0.1, 0.15) is 39.5 Å². The lowest BCUT2D eigenvalue weighted by atomic mass is 9.77. The number of anilines is 1. The summed E-state index contributed by atoms with van der Waals surface area (Å²) in [7, 11) is 0. The number of urea groups is 1. The molecule has 128 valence electrons. The molecule has 0 radical (unpaired) electrons. The molecule has 6 nitrogen and oxygen atoms in total. The van der Waals surface area contributed by atoms with Gasteiger partial charge in [0, 0.05) is 5.69 Å². The van der Waals surface area contributed by atoms with Gasteiger partial charge in [0.25, 0.3) is 5.91 Å². The van der Waals surface area contributed by atoms with Crippen molar-refractivity contribution in [3.05, 3.63) is 30.3 Å². The number of hydrogen-bond acceptors (Lipinski definition) is 3. The average Bonchev–Trinajstić information content (AvgIpc) is 2.81. The van der Waals surface area contributed by atoms with Crippen molar-refractivity contribution >= 4 is 23.5 Å². The Balaban J connectivity index is 1.73. The fourth-order valence-corrected chi connectivity index (χ4v) is 3.47. The molecule has 0 aromatic heterocycles. The highest BCUT2D eigenvalue weighted by Crippen LogP contribution is 2.36. The van der Waals surface area contributed by atoms with Gasteiger partial charge in [-0.05, 0) is 50.7 Å². The Hall–Kier alpha value is -2.37. The van der Waals surface area contributed by atoms with Crippen molar-refractivity contribution in [2.24, 2.45) is 5.92 Å². The fraction of sp³-hybridized carbons (Fsp3) is 0.500. The van der Waals surface area contributed by atoms with Gasteiger partial charge >= 0.3 is 6.03 Å². The molecule has 1 aliphatic heterocycles. The predicted octanol–water partition coefficient (Wildman–Crippen LogP) is 2.51. The monoisotopic (exact) mass is 329 g/mol. The second kappa shape index (κ2) is 6.26. The van der Waals surface area contributed by atoms with Crippen LogP contribution in [0.3, 0.4) is 0 Å². The molecule has 1 heterocycles. The van der Waals surface area contributed by atoms with E-state index in [1.54, 1.807) is 19.1 Å². The number of hydrogen-bond donors (Lipinski definition) is 2. The first-order chi connectivity index (χ1) is 11.4. The van der Waals surface area contributed by atoms with Crippen molar-refractivity contribution in [3.63, 3.8) is 0 Å². The molecule has 1 saturated heterocycles. The molecule has 4 amide bonds. The first-order valence-corrected chi connectivity index (χ1v) is 8.45. The van der Waals surface area contributed by atoms with Crippen LogP contribution in [-0.4, -0.2) is 34.3 Å². The van der Waals surface area contributed by atoms with Gasteiger partial charge in [0.2, 0.25) is 5.91 Å². The topological polar surface area (TPSA) is 78.5 Å². The van der Waals surface area contributed by atoms with Gasteiger partial charge in [0.15, 0.2) is 0 Å². The van der Waals surface area contributed by atoms with E-state index in [1.807, 2.05) is 18.2 Å². The summed E-state index contributed by atoms with van der Waals surface area (Å²) in [6, 6.07) is 7.69. The molecule has 2 fully saturated rings. The van der Waals surface area contributed by atoms with E-state index in [-0.39, 0.29) is 11.8 Å². The Bertz CT molecular complexity index is 651. The molecule has 1 atom stereocenters. The molecule has 1 saturated carbocycles. The van der Waals surface area contributed by atoms with Crippen LogP contribution in [0.4, 0.5) is 10.5 Å². The van der Waals surface area contributed by atoms with E-state index in [0.29, 0.717) is 24.4 Å². The SMILES string of the molecule is CC1CCC2(CC1)NC(=O)N(C(C)C(=O)Nc1ccccc1)C2=O. The zero-order valence-electron chi connectivity index (χ0n) is 14.0. The maximum atomic E-state index is 12.9. The maximum absolute atomic E-state index is 12.9. The van der Waals surface area contributed by atoms with Crippen LogP contribution in [0, 0.1) is 5.92 Å². The van der Waals surface area contributed by atoms with E-state index in [9.17, 15) is 14.4 Å². The van der Waals surface area contributed by atoms with Gasteiger partial charge in [0.05, 0.1) is 0 Å². The minimum absolute atomic E-state index is 0.268. The summed E-state index contributed by atoms with van der Waals surface area (Å²) in [6.07, 6.45) is 3.10. The number of nitrogens with one attached hydrogen (secondary N) is 2. The van der Waals surface area contributed by atoms with E-state index in [1.165, 1.54) is 0 Å². The van der Waals surface area contributed by atoms with E-state index >= 15 is 0 Å². The third-order valence-corrected chi connectivity index (χ3v) is 5.13. The molecular formula is C18H23N3O3. The Kier molecular flexibility index (Phi) is 4.30. The summed E-state index contributed by atoms with van der Waals surface area (Å²) in [5, 5.41) is 5.59. The van der Waals surface area contributed by atoms with Gasteiger partial charge in [-0.15, -0.1) is 0 Å². The molecule has 3 rings (SSSR count). The molecule has 6 heteroatoms. The van der Waals surface area contributed by atoms with Gasteiger partial charge < -0.3 is 10.6 Å². The highest BCUT2D eigenvalue weighted by Gasteiger charge is 2.54. The zero-order valence-corrected chi connectivity index (χ0v) is 14.0. The summed E-state index contributed by atoms with van der Waals surface area (Å²) in [5.74, 6) is -0.0748. The van der Waals surface area contributed by atoms with Gasteiger partial charge in [-0.25, -0.2) is 9.69 Å². The van der Waals surface area contributed by atoms with Crippen LogP contribution in [0.2, 0.25) is 0 Å². The van der Waals surface area contributed by atoms with Crippen molar-refractivity contribution in [1.29, 1.82) is 0 Å². The number of nitrogens with zero attached hydrogens (tertiary/aromatic N) is 1. The van der Waals surface area contributed by atoms with Crippen molar-refractivity contribution in [1.82, 2.24) is 10.2 Å². The third kappa shape index (κ3) is 2.88. The van der Waals surface area contributed by atoms with Crippen LogP contribution in [-0.2, 0) is 9.59 Å². The minimum atomic E-state index is -0.851. The molecule has 2 aliphatic rings. The smallest absolute Gasteiger partial charge is 0.324 e. The molecule has 24 heavy (non-hydrogen) atoms. The Morgan fingerprint density at radius 1 is 1.25 bits per heavy atom. The number of benzene rings is 1. The lowest BCUT2D eigenvalue weighted by Crippen LogP contribution is -2.51. The highest BCUT2D eigenvalue weighted by molar-refractivity contribution is 6.11. The summed E-state index contributed by atoms with van der Waals surface area (Å²) in [5.41, 5.74) is -0.173. The molecule has 0 bridgehead atoms. The van der Waals surface area contributed by atoms with Crippen LogP contribution in [0.15, 0.2) is 30.3 Å². The lowest BCUT2D eigenvalue weighted by Gasteiger charge is -2.34. The minimum Gasteiger partial charge on any atom is -0.324 e. The second-order valence-corrected chi connectivity index (χ2v) is 6.90. The van der Waals surface area contributed by atoms with Gasteiger partial charge in [0.1, 0.15) is 11.6 Å². The van der Waals surface area contributed by atoms with E-state index < -0.39 is 17.6 Å². The fourth-order valence-electron chi connectivity index (χ4n) is 3.47. The van der Waals surface area contributed by atoms with Crippen LogP contribution < -0.4 is 10.6 Å². The number of imide groups is 1. The van der Waals surface area contributed by atoms with E-state index in [2.05, 4.69) is 17.6 Å². The molecule has 1 aromatic carbocycles. The molecule has 2 N–H and O–H groups in total. The average molecular weight is 329 g/mol. The number of amides is 4. The Labute approximate surface area is 141 Å². The van der Waals surface area contributed by atoms with Crippen LogP contribution >= 0.6 is 0 Å². The molecule has 1 aliphatic carbocycles. The number of para-hydroxylation sites is 1. The molecule has 1 unspecified atom stereocenters. The first kappa shape index (κ1) is 16.5. The molecule has 1 aromatic rings. The number of carbonyl (C=O) groups is 3. The van der Waals surface area contributed by atoms with Crippen molar-refractivity contribution in [3.8, 4) is 0 Å². The number of carbonyl (C=O) groups excluding carboxylic acids is 3. The summed E-state index contributed by atoms with van der Waals surface area (Å²) < 4.78 is 0. The normalized spacial score (nSPS) is 27.9. The standard InChI is InChI=1S/C18H23N3O3/c1-12-8-10-18(11-9-12)16(23)21(17(24)20-18)13(2)15(22)19-14-6-4-3-5-7-14/h3-7,12-13H,8-11H2,1-2H3,(H,19,22)(H,20,24). The maximum Gasteiger partial charge on any atom is 0.325 e. The quantitative estimate of drug-likeness (QED) is 0.836. The summed E-state index contributed by atoms with van der Waals surface area (Å²) >= 11 is 0. The highest BCUT2D eigenvalue weighted by atomic mass is 16.2. The summed E-state index contributed by atoms with van der Waals surface area (Å²) in [4.78, 5) is 38.7. The van der Waals surface area contributed by atoms with Crippen molar-refractivity contribution in [2.45, 2.75) is 51.1 Å². The largest absolute Gasteiger partial charge is 0.325 e. The van der Waals surface area contributed by atoms with Crippen LogP contribution in [0.25, 0.3) is 0 Å². The molecule has 1 spiro atoms. The van der Waals surface area contributed by atoms with Gasteiger partial charge in [-0.1, -0.05) is 25.1 Å². The van der Waals surface area contributed by atoms with Crippen molar-refractivity contribution in [2.75, 3.05) is 5.32 Å². The van der Waals surface area contributed by atoms with E-state index in [4.69, 9.17) is 0 Å². The first-order valence-electron chi connectivity index (χ1n) is 8.45. The third-order valence-electron chi connectivity index (χ3n) is 5.13. The van der Waals surface area contributed by atoms with Gasteiger partial charge in [-0.2, -0.15) is 0 Å². The molecular weight excluding hydrogens is 306 g/mol. The number of rotatable bonds is 3. The Morgan fingerprint density at radius 2 is 1.88 bits per heavy atom. The van der Waals surface area contributed by atoms with Crippen LogP contribution in [0.5, 0.6) is 0 Å². The zero-order chi connectivity index (χ0) is 17.3. The predicted molar refractivity (Wildman–Crippen MR) is 90.3 cm³/mol. The lowest BCUT2D eigenvalue weighted by molar-refractivity contribution is -0.137. The summed E-state index contributed by atoms with van der Waals surface area (Å²) in [6.45, 7) is 3.74. The van der Waals surface area contributed by atoms with E-state index in [0.717, 1.165) is 17.7 Å². The Morgan fingerprint density at radius 3 is 2.50 bits per heavy atom. The second-order valence-electron chi connectivity index (χ2n) is 6.90. The van der Waals surface area contributed by atoms with Crippen molar-refractivity contribution < 1.29 is 14.4 Å². The van der Waals surface area contributed by atoms with Gasteiger partial charge in [-0.3, -0.25) is 9.59 Å².